The van der Waals surface area contributed by atoms with Crippen LogP contribution in [-0.4, -0.2) is 24.2 Å². The molecule has 1 heterocycles. The van der Waals surface area contributed by atoms with E-state index in [0.29, 0.717) is 11.1 Å². The lowest BCUT2D eigenvalue weighted by Crippen LogP contribution is -2.23. The molecule has 0 aliphatic heterocycles. The van der Waals surface area contributed by atoms with Gasteiger partial charge in [-0.15, -0.1) is 0 Å². The van der Waals surface area contributed by atoms with Crippen LogP contribution < -0.4 is 4.83 Å². The van der Waals surface area contributed by atoms with Gasteiger partial charge < -0.3 is 5.11 Å². The number of sulfonamides is 1. The fraction of sp³-hybridized carbons (Fsp3) is 0.154. The van der Waals surface area contributed by atoms with Gasteiger partial charge in [-0.25, -0.2) is 9.63 Å². The van der Waals surface area contributed by atoms with E-state index in [0.717, 1.165) is 0 Å². The van der Waals surface area contributed by atoms with E-state index in [9.17, 15) is 13.2 Å². The molecule has 2 aromatic rings. The number of carboxylic acid groups (broad SMARTS) is 1. The molecule has 0 amide bonds. The first-order chi connectivity index (χ1) is 9.31. The van der Waals surface area contributed by atoms with Gasteiger partial charge in [-0.1, -0.05) is 6.07 Å². The number of carboxylic acids is 1. The summed E-state index contributed by atoms with van der Waals surface area (Å²) >= 11 is 0. The predicted molar refractivity (Wildman–Crippen MR) is 73.9 cm³/mol. The van der Waals surface area contributed by atoms with Crippen LogP contribution in [0.15, 0.2) is 41.6 Å². The number of aryl methyl sites for hydroxylation is 2. The lowest BCUT2D eigenvalue weighted by molar-refractivity contribution is 0.0696. The summed E-state index contributed by atoms with van der Waals surface area (Å²) in [6, 6.07) is 6.08. The Labute approximate surface area is 116 Å². The Morgan fingerprint density at radius 2 is 1.75 bits per heavy atom. The highest BCUT2D eigenvalue weighted by Crippen LogP contribution is 2.21. The molecule has 0 radical (unpaired) electrons. The van der Waals surface area contributed by atoms with Crippen LogP contribution in [0.1, 0.15) is 21.5 Å². The number of benzene rings is 1. The number of nitrogens with zero attached hydrogens (tertiary/aromatic N) is 1. The number of nitrogens with one attached hydrogen (secondary N) is 1. The molecule has 2 N–H and O–H groups in total. The highest BCUT2D eigenvalue weighted by molar-refractivity contribution is 7.92. The second-order valence-corrected chi connectivity index (χ2v) is 6.05. The highest BCUT2D eigenvalue weighted by atomic mass is 32.2. The number of carbonyl (C=O) groups is 1. The third-order valence-corrected chi connectivity index (χ3v) is 4.34. The van der Waals surface area contributed by atoms with Gasteiger partial charge >= 0.3 is 5.97 Å². The standard InChI is InChI=1S/C13H14N2O4S/c1-9-7-10(2)12(8-11(9)13(16)17)20(18,19)14-15-5-3-4-6-15/h3-8,14H,1-2H3,(H,16,17). The maximum atomic E-state index is 12.3. The molecule has 2 rings (SSSR count). The molecule has 0 atom stereocenters. The van der Waals surface area contributed by atoms with Gasteiger partial charge in [0.2, 0.25) is 0 Å². The summed E-state index contributed by atoms with van der Waals surface area (Å²) < 4.78 is 25.9. The van der Waals surface area contributed by atoms with E-state index in [1.807, 2.05) is 0 Å². The quantitative estimate of drug-likeness (QED) is 0.899. The molecule has 20 heavy (non-hydrogen) atoms. The molecule has 0 aliphatic rings. The van der Waals surface area contributed by atoms with Crippen molar-refractivity contribution in [3.05, 3.63) is 53.3 Å². The van der Waals surface area contributed by atoms with Gasteiger partial charge in [-0.05, 0) is 43.2 Å². The average Bonchev–Trinajstić information content (AvgIpc) is 2.79. The second kappa shape index (κ2) is 5.01. The number of aromatic nitrogens is 1. The third-order valence-electron chi connectivity index (χ3n) is 2.87. The molecule has 0 bridgehead atoms. The van der Waals surface area contributed by atoms with Crippen LogP contribution in [-0.2, 0) is 10.0 Å². The molecule has 106 valence electrons. The van der Waals surface area contributed by atoms with Crippen molar-refractivity contribution < 1.29 is 18.3 Å². The third kappa shape index (κ3) is 2.67. The molecule has 0 aliphatic carbocycles. The Morgan fingerprint density at radius 1 is 1.15 bits per heavy atom. The minimum atomic E-state index is -3.84. The summed E-state index contributed by atoms with van der Waals surface area (Å²) in [6.45, 7) is 3.26. The zero-order chi connectivity index (χ0) is 14.9. The van der Waals surface area contributed by atoms with Crippen molar-refractivity contribution in [2.45, 2.75) is 18.7 Å². The van der Waals surface area contributed by atoms with Gasteiger partial charge in [-0.3, -0.25) is 4.68 Å². The molecule has 1 aromatic heterocycles. The molecule has 0 saturated heterocycles. The van der Waals surface area contributed by atoms with Crippen LogP contribution in [0.2, 0.25) is 0 Å². The van der Waals surface area contributed by atoms with Gasteiger partial charge in [0.25, 0.3) is 10.0 Å². The summed E-state index contributed by atoms with van der Waals surface area (Å²) in [5, 5.41) is 9.08. The first kappa shape index (κ1) is 14.1. The van der Waals surface area contributed by atoms with Crippen molar-refractivity contribution in [1.29, 1.82) is 0 Å². The SMILES string of the molecule is Cc1cc(C)c(S(=O)(=O)Nn2cccc2)cc1C(=O)O. The van der Waals surface area contributed by atoms with E-state index in [1.54, 1.807) is 44.4 Å². The van der Waals surface area contributed by atoms with E-state index in [2.05, 4.69) is 4.83 Å². The first-order valence-electron chi connectivity index (χ1n) is 5.81. The van der Waals surface area contributed by atoms with Crippen LogP contribution in [0.3, 0.4) is 0 Å². The maximum Gasteiger partial charge on any atom is 0.335 e. The zero-order valence-electron chi connectivity index (χ0n) is 11.0. The van der Waals surface area contributed by atoms with Crippen molar-refractivity contribution >= 4 is 16.0 Å². The molecular formula is C13H14N2O4S. The lowest BCUT2D eigenvalue weighted by Gasteiger charge is -2.13. The summed E-state index contributed by atoms with van der Waals surface area (Å²) in [6.07, 6.45) is 3.08. The second-order valence-electron chi connectivity index (χ2n) is 4.42. The highest BCUT2D eigenvalue weighted by Gasteiger charge is 2.20. The van der Waals surface area contributed by atoms with Crippen LogP contribution in [0.25, 0.3) is 0 Å². The summed E-state index contributed by atoms with van der Waals surface area (Å²) in [7, 11) is -3.84. The van der Waals surface area contributed by atoms with E-state index < -0.39 is 16.0 Å². The fourth-order valence-corrected chi connectivity index (χ4v) is 3.19. The van der Waals surface area contributed by atoms with Crippen LogP contribution in [0, 0.1) is 13.8 Å². The first-order valence-corrected chi connectivity index (χ1v) is 7.30. The van der Waals surface area contributed by atoms with Gasteiger partial charge in [0.05, 0.1) is 10.5 Å². The number of rotatable bonds is 4. The normalized spacial score (nSPS) is 11.3. The Bertz CT molecular complexity index is 749. The smallest absolute Gasteiger partial charge is 0.335 e. The van der Waals surface area contributed by atoms with Crippen LogP contribution in [0.4, 0.5) is 0 Å². The van der Waals surface area contributed by atoms with Gasteiger partial charge in [0, 0.05) is 12.4 Å². The number of hydrogen-bond acceptors (Lipinski definition) is 3. The zero-order valence-corrected chi connectivity index (χ0v) is 11.8. The van der Waals surface area contributed by atoms with Crippen molar-refractivity contribution in [3.8, 4) is 0 Å². The number of hydrogen-bond donors (Lipinski definition) is 2. The van der Waals surface area contributed by atoms with Crippen molar-refractivity contribution in [1.82, 2.24) is 4.68 Å². The monoisotopic (exact) mass is 294 g/mol. The van der Waals surface area contributed by atoms with E-state index >= 15 is 0 Å². The van der Waals surface area contributed by atoms with Gasteiger partial charge in [-0.2, -0.15) is 8.42 Å². The topological polar surface area (TPSA) is 88.4 Å². The fourth-order valence-electron chi connectivity index (χ4n) is 1.94. The van der Waals surface area contributed by atoms with E-state index in [1.165, 1.54) is 10.7 Å². The molecule has 7 heteroatoms. The maximum absolute atomic E-state index is 12.3. The summed E-state index contributed by atoms with van der Waals surface area (Å²) in [4.78, 5) is 13.4. The van der Waals surface area contributed by atoms with Gasteiger partial charge in [0.15, 0.2) is 0 Å². The van der Waals surface area contributed by atoms with Crippen LogP contribution in [0.5, 0.6) is 0 Å². The molecule has 6 nitrogen and oxygen atoms in total. The predicted octanol–water partition coefficient (Wildman–Crippen LogP) is 1.74. The molecule has 0 saturated carbocycles. The Morgan fingerprint density at radius 3 is 2.30 bits per heavy atom. The molecule has 1 aromatic carbocycles. The van der Waals surface area contributed by atoms with Crippen molar-refractivity contribution in [2.75, 3.05) is 4.83 Å². The van der Waals surface area contributed by atoms with Crippen molar-refractivity contribution in [2.24, 2.45) is 0 Å². The molecular weight excluding hydrogens is 280 g/mol. The Balaban J connectivity index is 2.51. The Hall–Kier alpha value is -2.28. The molecule has 0 spiro atoms. The molecule has 0 unspecified atom stereocenters. The van der Waals surface area contributed by atoms with Gasteiger partial charge in [0.1, 0.15) is 0 Å². The van der Waals surface area contributed by atoms with Crippen LogP contribution >= 0.6 is 0 Å². The summed E-state index contributed by atoms with van der Waals surface area (Å²) in [5.41, 5.74) is 0.991. The number of aromatic carboxylic acids is 1. The van der Waals surface area contributed by atoms with E-state index in [4.69, 9.17) is 5.11 Å². The minimum absolute atomic E-state index is 0.0246. The van der Waals surface area contributed by atoms with Crippen molar-refractivity contribution in [3.63, 3.8) is 0 Å². The van der Waals surface area contributed by atoms with E-state index in [-0.39, 0.29) is 10.5 Å². The Kier molecular flexibility index (Phi) is 3.54. The average molecular weight is 294 g/mol. The minimum Gasteiger partial charge on any atom is -0.478 e. The largest absolute Gasteiger partial charge is 0.478 e. The molecule has 0 fully saturated rings. The lowest BCUT2D eigenvalue weighted by atomic mass is 10.1. The summed E-state index contributed by atoms with van der Waals surface area (Å²) in [5.74, 6) is -1.15.